The molecule has 0 amide bonds. The monoisotopic (exact) mass is 180 g/mol. The molecule has 3 nitrogen and oxygen atoms in total. The van der Waals surface area contributed by atoms with Gasteiger partial charge in [0.15, 0.2) is 5.58 Å². The van der Waals surface area contributed by atoms with Gasteiger partial charge in [-0.2, -0.15) is 0 Å². The van der Waals surface area contributed by atoms with Gasteiger partial charge >= 0.3 is 0 Å². The molecule has 0 bridgehead atoms. The highest BCUT2D eigenvalue weighted by molar-refractivity contribution is 6.36. The van der Waals surface area contributed by atoms with Gasteiger partial charge in [-0.05, 0) is 12.1 Å². The summed E-state index contributed by atoms with van der Waals surface area (Å²) in [4.78, 5) is 8.02. The van der Waals surface area contributed by atoms with E-state index < -0.39 is 0 Å². The van der Waals surface area contributed by atoms with Crippen LogP contribution in [0.3, 0.4) is 0 Å². The molecule has 0 spiro atoms. The quantitative estimate of drug-likeness (QED) is 0.487. The van der Waals surface area contributed by atoms with Crippen LogP contribution >= 0.6 is 0 Å². The number of hydrogen-bond donors (Lipinski definition) is 0. The lowest BCUT2D eigenvalue weighted by molar-refractivity contribution is 0.669. The minimum atomic E-state index is 0.381. The van der Waals surface area contributed by atoms with Gasteiger partial charge < -0.3 is 4.42 Å². The number of benzene rings is 1. The van der Waals surface area contributed by atoms with Crippen molar-refractivity contribution in [1.82, 2.24) is 9.97 Å². The summed E-state index contributed by atoms with van der Waals surface area (Å²) >= 11 is 0. The van der Waals surface area contributed by atoms with Gasteiger partial charge in [0.2, 0.25) is 0 Å². The maximum Gasteiger partial charge on any atom is 0.164 e. The molecule has 0 aliphatic carbocycles. The number of furan rings is 1. The number of aromatic nitrogens is 2. The zero-order chi connectivity index (χ0) is 9.54. The molecule has 0 unspecified atom stereocenters. The standard InChI is InChI=1S/C10H5BN2O/c11-10-9-8(12-5-13-10)6-3-1-2-4-7(6)14-9/h1-5H. The van der Waals surface area contributed by atoms with Crippen molar-refractivity contribution in [2.24, 2.45) is 0 Å². The Morgan fingerprint density at radius 3 is 2.93 bits per heavy atom. The Hall–Kier alpha value is -1.84. The molecule has 0 aliphatic rings. The van der Waals surface area contributed by atoms with Crippen LogP contribution < -0.4 is 5.59 Å². The number of para-hydroxylation sites is 1. The molecule has 0 aliphatic heterocycles. The topological polar surface area (TPSA) is 38.9 Å². The van der Waals surface area contributed by atoms with E-state index in [0.717, 1.165) is 16.5 Å². The van der Waals surface area contributed by atoms with Gasteiger partial charge in [-0.3, -0.25) is 0 Å². The van der Waals surface area contributed by atoms with Crippen LogP contribution in [-0.4, -0.2) is 17.8 Å². The molecule has 3 aromatic rings. The van der Waals surface area contributed by atoms with Crippen LogP contribution in [0.2, 0.25) is 0 Å². The Kier molecular flexibility index (Phi) is 1.39. The van der Waals surface area contributed by atoms with Gasteiger partial charge in [0, 0.05) is 11.0 Å². The molecule has 2 aromatic heterocycles. The lowest BCUT2D eigenvalue weighted by atomic mass is 10.0. The average molecular weight is 180 g/mol. The maximum atomic E-state index is 5.68. The summed E-state index contributed by atoms with van der Waals surface area (Å²) in [6.07, 6.45) is 1.44. The van der Waals surface area contributed by atoms with Gasteiger partial charge in [0.25, 0.3) is 0 Å². The van der Waals surface area contributed by atoms with Crippen molar-refractivity contribution in [2.75, 3.05) is 0 Å². The molecule has 64 valence electrons. The second-order valence-electron chi connectivity index (χ2n) is 3.03. The molecule has 0 fully saturated rings. The average Bonchev–Trinajstić information content (AvgIpc) is 2.59. The smallest absolute Gasteiger partial charge is 0.164 e. The molecule has 2 radical (unpaired) electrons. The molecule has 0 saturated carbocycles. The molecule has 0 atom stereocenters. The normalized spacial score (nSPS) is 11.1. The van der Waals surface area contributed by atoms with E-state index in [-0.39, 0.29) is 0 Å². The van der Waals surface area contributed by atoms with Gasteiger partial charge in [-0.1, -0.05) is 12.1 Å². The first kappa shape index (κ1) is 7.56. The predicted octanol–water partition coefficient (Wildman–Crippen LogP) is 1.17. The molecule has 3 rings (SSSR count). The van der Waals surface area contributed by atoms with Crippen LogP contribution in [0.25, 0.3) is 22.1 Å². The largest absolute Gasteiger partial charge is 0.453 e. The van der Waals surface area contributed by atoms with E-state index in [4.69, 9.17) is 12.3 Å². The van der Waals surface area contributed by atoms with Crippen LogP contribution in [0.4, 0.5) is 0 Å². The first-order chi connectivity index (χ1) is 6.86. The summed E-state index contributed by atoms with van der Waals surface area (Å²) < 4.78 is 5.53. The third-order valence-electron chi connectivity index (χ3n) is 2.19. The summed E-state index contributed by atoms with van der Waals surface area (Å²) in [6, 6.07) is 7.69. The number of rotatable bonds is 0. The third kappa shape index (κ3) is 0.879. The van der Waals surface area contributed by atoms with Gasteiger partial charge in [0.05, 0.1) is 0 Å². The van der Waals surface area contributed by atoms with Crippen LogP contribution in [-0.2, 0) is 0 Å². The van der Waals surface area contributed by atoms with Crippen molar-refractivity contribution in [2.45, 2.75) is 0 Å². The van der Waals surface area contributed by atoms with Crippen molar-refractivity contribution >= 4 is 35.5 Å². The summed E-state index contributed by atoms with van der Waals surface area (Å²) in [7, 11) is 5.68. The highest BCUT2D eigenvalue weighted by atomic mass is 16.3. The summed E-state index contributed by atoms with van der Waals surface area (Å²) in [5.74, 6) is 0. The second kappa shape index (κ2) is 2.58. The predicted molar refractivity (Wildman–Crippen MR) is 54.7 cm³/mol. The third-order valence-corrected chi connectivity index (χ3v) is 2.19. The molecule has 0 saturated heterocycles. The van der Waals surface area contributed by atoms with E-state index in [1.165, 1.54) is 6.33 Å². The van der Waals surface area contributed by atoms with E-state index in [1.54, 1.807) is 0 Å². The van der Waals surface area contributed by atoms with Gasteiger partial charge in [-0.25, -0.2) is 9.97 Å². The molecule has 14 heavy (non-hydrogen) atoms. The van der Waals surface area contributed by atoms with Crippen LogP contribution in [0.5, 0.6) is 0 Å². The van der Waals surface area contributed by atoms with Crippen molar-refractivity contribution < 1.29 is 4.42 Å². The van der Waals surface area contributed by atoms with Crippen molar-refractivity contribution in [3.63, 3.8) is 0 Å². The van der Waals surface area contributed by atoms with E-state index in [0.29, 0.717) is 11.2 Å². The summed E-state index contributed by atoms with van der Waals surface area (Å²) in [5, 5.41) is 0.969. The van der Waals surface area contributed by atoms with Crippen LogP contribution in [0.1, 0.15) is 0 Å². The van der Waals surface area contributed by atoms with Crippen molar-refractivity contribution in [1.29, 1.82) is 0 Å². The van der Waals surface area contributed by atoms with Crippen LogP contribution in [0, 0.1) is 0 Å². The molecule has 2 heterocycles. The van der Waals surface area contributed by atoms with Crippen LogP contribution in [0.15, 0.2) is 35.0 Å². The minimum absolute atomic E-state index is 0.381. The Labute approximate surface area is 81.2 Å². The fourth-order valence-corrected chi connectivity index (χ4v) is 1.54. The highest BCUT2D eigenvalue weighted by Crippen LogP contribution is 2.24. The van der Waals surface area contributed by atoms with E-state index in [1.807, 2.05) is 24.3 Å². The van der Waals surface area contributed by atoms with Crippen molar-refractivity contribution in [3.05, 3.63) is 30.6 Å². The summed E-state index contributed by atoms with van der Waals surface area (Å²) in [6.45, 7) is 0. The lowest BCUT2D eigenvalue weighted by Crippen LogP contribution is -2.08. The molecule has 4 heteroatoms. The SMILES string of the molecule is [B]c1ncnc2c1oc1ccccc12. The lowest BCUT2D eigenvalue weighted by Gasteiger charge is -1.90. The Morgan fingerprint density at radius 1 is 1.14 bits per heavy atom. The first-order valence-electron chi connectivity index (χ1n) is 4.24. The van der Waals surface area contributed by atoms with E-state index in [9.17, 15) is 0 Å². The second-order valence-corrected chi connectivity index (χ2v) is 3.03. The van der Waals surface area contributed by atoms with Gasteiger partial charge in [0.1, 0.15) is 25.3 Å². The summed E-state index contributed by atoms with van der Waals surface area (Å²) in [5.41, 5.74) is 2.50. The molecule has 0 N–H and O–H groups in total. The molecular formula is C10H5BN2O. The fraction of sp³-hybridized carbons (Fsp3) is 0. The minimum Gasteiger partial charge on any atom is -0.453 e. The Balaban J connectivity index is 2.63. The Bertz CT molecular complexity index is 618. The maximum absolute atomic E-state index is 5.68. The number of fused-ring (bicyclic) bond motifs is 3. The van der Waals surface area contributed by atoms with Gasteiger partial charge in [-0.15, -0.1) is 0 Å². The zero-order valence-corrected chi connectivity index (χ0v) is 7.27. The fourth-order valence-electron chi connectivity index (χ4n) is 1.54. The number of hydrogen-bond acceptors (Lipinski definition) is 3. The van der Waals surface area contributed by atoms with Crippen molar-refractivity contribution in [3.8, 4) is 0 Å². The Morgan fingerprint density at radius 2 is 2.00 bits per heavy atom. The van der Waals surface area contributed by atoms with E-state index >= 15 is 0 Å². The zero-order valence-electron chi connectivity index (χ0n) is 7.27. The van der Waals surface area contributed by atoms with E-state index in [2.05, 4.69) is 9.97 Å². The first-order valence-corrected chi connectivity index (χ1v) is 4.24. The molecule has 1 aromatic carbocycles. The highest BCUT2D eigenvalue weighted by Gasteiger charge is 2.08. The number of nitrogens with zero attached hydrogens (tertiary/aromatic N) is 2. The molecular weight excluding hydrogens is 175 g/mol.